The van der Waals surface area contributed by atoms with E-state index in [1.807, 2.05) is 29.2 Å². The minimum atomic E-state index is -0.135. The predicted octanol–water partition coefficient (Wildman–Crippen LogP) is 2.90. The number of ether oxygens (including phenoxy) is 1. The lowest BCUT2D eigenvalue weighted by Crippen LogP contribution is -2.47. The van der Waals surface area contributed by atoms with Crippen molar-refractivity contribution in [3.63, 3.8) is 0 Å². The summed E-state index contributed by atoms with van der Waals surface area (Å²) in [6, 6.07) is 16.3. The van der Waals surface area contributed by atoms with Crippen LogP contribution in [0.3, 0.4) is 0 Å². The van der Waals surface area contributed by atoms with E-state index in [2.05, 4.69) is 41.5 Å². The van der Waals surface area contributed by atoms with Crippen molar-refractivity contribution in [1.82, 2.24) is 10.2 Å². The van der Waals surface area contributed by atoms with Crippen molar-refractivity contribution in [2.24, 2.45) is 0 Å². The minimum Gasteiger partial charge on any atom is -0.378 e. The normalized spacial score (nSPS) is 17.2. The van der Waals surface area contributed by atoms with Gasteiger partial charge in [-0.3, -0.25) is 0 Å². The highest BCUT2D eigenvalue weighted by molar-refractivity contribution is 5.80. The maximum atomic E-state index is 12.7. The smallest absolute Gasteiger partial charge is 0.318 e. The molecule has 2 aliphatic heterocycles. The van der Waals surface area contributed by atoms with E-state index in [-0.39, 0.29) is 12.1 Å². The van der Waals surface area contributed by atoms with Gasteiger partial charge in [-0.2, -0.15) is 0 Å². The minimum absolute atomic E-state index is 0.0301. The van der Waals surface area contributed by atoms with Gasteiger partial charge in [0.15, 0.2) is 0 Å². The fourth-order valence-electron chi connectivity index (χ4n) is 3.51. The number of carbonyl (C=O) groups excluding carboxylic acids is 1. The van der Waals surface area contributed by atoms with Crippen molar-refractivity contribution in [3.8, 4) is 0 Å². The summed E-state index contributed by atoms with van der Waals surface area (Å²) in [4.78, 5) is 16.7. The molecule has 5 nitrogen and oxygen atoms in total. The Kier molecular flexibility index (Phi) is 3.86. The van der Waals surface area contributed by atoms with Crippen LogP contribution >= 0.6 is 0 Å². The van der Waals surface area contributed by atoms with Gasteiger partial charge in [-0.1, -0.05) is 36.4 Å². The molecule has 4 rings (SSSR count). The van der Waals surface area contributed by atoms with Crippen LogP contribution in [-0.2, 0) is 4.74 Å². The van der Waals surface area contributed by atoms with Crippen molar-refractivity contribution in [3.05, 3.63) is 59.7 Å². The zero-order valence-corrected chi connectivity index (χ0v) is 13.7. The van der Waals surface area contributed by atoms with Crippen molar-refractivity contribution in [2.75, 3.05) is 38.3 Å². The Hall–Kier alpha value is -2.53. The number of benzene rings is 2. The Morgan fingerprint density at radius 2 is 1.54 bits per heavy atom. The molecule has 1 N–H and O–H groups in total. The Balaban J connectivity index is 1.69. The molecule has 0 spiro atoms. The Bertz CT molecular complexity index is 708. The second-order valence-corrected chi connectivity index (χ2v) is 6.16. The van der Waals surface area contributed by atoms with E-state index in [1.54, 1.807) is 0 Å². The molecule has 1 saturated heterocycles. The molecule has 2 heterocycles. The van der Waals surface area contributed by atoms with Gasteiger partial charge in [0, 0.05) is 42.6 Å². The molecular formula is C19H21N3O2. The monoisotopic (exact) mass is 323 g/mol. The van der Waals surface area contributed by atoms with Crippen molar-refractivity contribution in [2.45, 2.75) is 6.04 Å². The standard InChI is InChI=1S/C19H21N3O2/c1-21-16-8-4-2-6-14(16)18(15-7-3-5-9-17(15)21)20-19(23)22-10-12-24-13-11-22/h2-9,18H,10-13H2,1H3,(H,20,23). The molecule has 124 valence electrons. The van der Waals surface area contributed by atoms with Gasteiger partial charge >= 0.3 is 6.03 Å². The van der Waals surface area contributed by atoms with Crippen LogP contribution in [0.1, 0.15) is 17.2 Å². The topological polar surface area (TPSA) is 44.8 Å². The highest BCUT2D eigenvalue weighted by Crippen LogP contribution is 2.43. The second-order valence-electron chi connectivity index (χ2n) is 6.16. The number of para-hydroxylation sites is 2. The maximum Gasteiger partial charge on any atom is 0.318 e. The zero-order chi connectivity index (χ0) is 16.5. The van der Waals surface area contributed by atoms with E-state index in [0.29, 0.717) is 26.3 Å². The maximum absolute atomic E-state index is 12.7. The van der Waals surface area contributed by atoms with E-state index in [4.69, 9.17) is 4.74 Å². The predicted molar refractivity (Wildman–Crippen MR) is 93.7 cm³/mol. The average molecular weight is 323 g/mol. The molecule has 0 atom stereocenters. The summed E-state index contributed by atoms with van der Waals surface area (Å²) in [5, 5.41) is 3.23. The number of hydrogen-bond acceptors (Lipinski definition) is 3. The first-order valence-electron chi connectivity index (χ1n) is 8.30. The molecule has 2 amide bonds. The third kappa shape index (κ3) is 2.51. The summed E-state index contributed by atoms with van der Waals surface area (Å²) in [6.45, 7) is 2.49. The lowest BCUT2D eigenvalue weighted by molar-refractivity contribution is 0.0528. The van der Waals surface area contributed by atoms with Crippen molar-refractivity contribution in [1.29, 1.82) is 0 Å². The summed E-state index contributed by atoms with van der Waals surface area (Å²) in [5.41, 5.74) is 4.51. The zero-order valence-electron chi connectivity index (χ0n) is 13.7. The molecule has 0 bridgehead atoms. The number of fused-ring (bicyclic) bond motifs is 2. The number of amides is 2. The molecule has 0 unspecified atom stereocenters. The molecule has 0 aromatic heterocycles. The van der Waals surface area contributed by atoms with Crippen LogP contribution in [0.25, 0.3) is 0 Å². The summed E-state index contributed by atoms with van der Waals surface area (Å²) in [7, 11) is 2.07. The van der Waals surface area contributed by atoms with Gasteiger partial charge in [-0.15, -0.1) is 0 Å². The highest BCUT2D eigenvalue weighted by atomic mass is 16.5. The third-order valence-electron chi connectivity index (χ3n) is 4.78. The fraction of sp³-hybridized carbons (Fsp3) is 0.316. The van der Waals surface area contributed by atoms with Gasteiger partial charge in [0.25, 0.3) is 0 Å². The molecule has 0 radical (unpaired) electrons. The van der Waals surface area contributed by atoms with Gasteiger partial charge in [0.2, 0.25) is 0 Å². The molecule has 0 saturated carbocycles. The molecule has 0 aliphatic carbocycles. The Labute approximate surface area is 141 Å². The third-order valence-corrected chi connectivity index (χ3v) is 4.78. The van der Waals surface area contributed by atoms with Crippen LogP contribution in [0.5, 0.6) is 0 Å². The van der Waals surface area contributed by atoms with Gasteiger partial charge < -0.3 is 19.9 Å². The fourth-order valence-corrected chi connectivity index (χ4v) is 3.51. The van der Waals surface area contributed by atoms with E-state index < -0.39 is 0 Å². The molecule has 1 fully saturated rings. The number of nitrogens with one attached hydrogen (secondary N) is 1. The first-order valence-corrected chi connectivity index (χ1v) is 8.30. The van der Waals surface area contributed by atoms with Crippen LogP contribution in [0.15, 0.2) is 48.5 Å². The Morgan fingerprint density at radius 3 is 2.12 bits per heavy atom. The largest absolute Gasteiger partial charge is 0.378 e. The van der Waals surface area contributed by atoms with E-state index in [1.165, 1.54) is 0 Å². The van der Waals surface area contributed by atoms with Gasteiger partial charge in [0.1, 0.15) is 0 Å². The highest BCUT2D eigenvalue weighted by Gasteiger charge is 2.30. The van der Waals surface area contributed by atoms with Crippen LogP contribution < -0.4 is 10.2 Å². The molecule has 5 heteroatoms. The van der Waals surface area contributed by atoms with Crippen LogP contribution in [0, 0.1) is 0 Å². The van der Waals surface area contributed by atoms with Gasteiger partial charge in [-0.25, -0.2) is 4.79 Å². The quantitative estimate of drug-likeness (QED) is 0.878. The molecular weight excluding hydrogens is 302 g/mol. The first-order chi connectivity index (χ1) is 11.8. The summed E-state index contributed by atoms with van der Waals surface area (Å²) in [6.07, 6.45) is 0. The van der Waals surface area contributed by atoms with Gasteiger partial charge in [-0.05, 0) is 12.1 Å². The van der Waals surface area contributed by atoms with Crippen LogP contribution in [0.4, 0.5) is 16.2 Å². The summed E-state index contributed by atoms with van der Waals surface area (Å²) < 4.78 is 5.34. The van der Waals surface area contributed by atoms with Crippen molar-refractivity contribution >= 4 is 17.4 Å². The number of rotatable bonds is 1. The number of hydrogen-bond donors (Lipinski definition) is 1. The number of nitrogens with zero attached hydrogens (tertiary/aromatic N) is 2. The van der Waals surface area contributed by atoms with E-state index >= 15 is 0 Å². The average Bonchev–Trinajstić information content (AvgIpc) is 2.65. The molecule has 2 aromatic rings. The summed E-state index contributed by atoms with van der Waals surface area (Å²) >= 11 is 0. The van der Waals surface area contributed by atoms with E-state index in [0.717, 1.165) is 22.5 Å². The number of morpholine rings is 1. The SMILES string of the molecule is CN1c2ccccc2C(NC(=O)N2CCOCC2)c2ccccc21. The van der Waals surface area contributed by atoms with Crippen molar-refractivity contribution < 1.29 is 9.53 Å². The van der Waals surface area contributed by atoms with Gasteiger partial charge in [0.05, 0.1) is 19.3 Å². The molecule has 2 aromatic carbocycles. The molecule has 24 heavy (non-hydrogen) atoms. The second kappa shape index (κ2) is 6.17. The number of anilines is 2. The van der Waals surface area contributed by atoms with Crippen LogP contribution in [0.2, 0.25) is 0 Å². The number of carbonyl (C=O) groups is 1. The molecule has 2 aliphatic rings. The first kappa shape index (κ1) is 15.0. The van der Waals surface area contributed by atoms with Crippen LogP contribution in [-0.4, -0.2) is 44.3 Å². The van der Waals surface area contributed by atoms with E-state index in [9.17, 15) is 4.79 Å². The Morgan fingerprint density at radius 1 is 1.00 bits per heavy atom. The lowest BCUT2D eigenvalue weighted by atomic mass is 9.91. The number of urea groups is 1. The lowest BCUT2D eigenvalue weighted by Gasteiger charge is -2.37. The summed E-state index contributed by atoms with van der Waals surface area (Å²) in [5.74, 6) is 0.